The summed E-state index contributed by atoms with van der Waals surface area (Å²) in [5.74, 6) is -0.812. The number of aromatic nitrogens is 4. The summed E-state index contributed by atoms with van der Waals surface area (Å²) in [6, 6.07) is -0.341. The lowest BCUT2D eigenvalue weighted by Crippen LogP contribution is -2.29. The Labute approximate surface area is 121 Å². The van der Waals surface area contributed by atoms with Crippen LogP contribution in [0.25, 0.3) is 0 Å². The highest BCUT2D eigenvalue weighted by Gasteiger charge is 2.23. The smallest absolute Gasteiger partial charge is 0.352 e. The van der Waals surface area contributed by atoms with Crippen LogP contribution >= 0.6 is 0 Å². The number of hydrogen-bond acceptors (Lipinski definition) is 4. The number of carboxylic acids is 1. The number of aryl methyl sites for hydroxylation is 2. The van der Waals surface area contributed by atoms with Gasteiger partial charge in [-0.05, 0) is 26.3 Å². The summed E-state index contributed by atoms with van der Waals surface area (Å²) < 4.78 is 1.71. The molecule has 112 valence electrons. The number of amides is 1. The molecule has 8 heteroatoms. The van der Waals surface area contributed by atoms with Gasteiger partial charge < -0.3 is 20.0 Å². The Hall–Kier alpha value is -2.64. The minimum Gasteiger partial charge on any atom is -0.477 e. The van der Waals surface area contributed by atoms with E-state index in [1.807, 2.05) is 0 Å². The van der Waals surface area contributed by atoms with Crippen molar-refractivity contribution in [1.82, 2.24) is 25.1 Å². The third-order valence-electron chi connectivity index (χ3n) is 3.36. The molecule has 0 aromatic carbocycles. The van der Waals surface area contributed by atoms with E-state index >= 15 is 0 Å². The second kappa shape index (κ2) is 5.39. The van der Waals surface area contributed by atoms with Gasteiger partial charge in [0.2, 0.25) is 0 Å². The Bertz CT molecular complexity index is 701. The number of nitrogens with zero attached hydrogens (tertiary/aromatic N) is 3. The summed E-state index contributed by atoms with van der Waals surface area (Å²) in [5.41, 5.74) is 1.32. The highest BCUT2D eigenvalue weighted by Crippen LogP contribution is 2.19. The third-order valence-corrected chi connectivity index (χ3v) is 3.36. The highest BCUT2D eigenvalue weighted by molar-refractivity contribution is 6.00. The van der Waals surface area contributed by atoms with Gasteiger partial charge in [0.1, 0.15) is 12.0 Å². The standard InChI is InChI=1S/C13H17N5O3/c1-6-9(7(2)15-10(6)13(20)21)12(19)16-8(3)11-17-14-5-18(11)4/h5,8,15H,1-4H3,(H,16,19)(H,20,21). The highest BCUT2D eigenvalue weighted by atomic mass is 16.4. The molecular formula is C13H17N5O3. The first-order valence-electron chi connectivity index (χ1n) is 6.40. The van der Waals surface area contributed by atoms with E-state index in [0.29, 0.717) is 22.6 Å². The first kappa shape index (κ1) is 14.8. The lowest BCUT2D eigenvalue weighted by Gasteiger charge is -2.13. The summed E-state index contributed by atoms with van der Waals surface area (Å²) in [4.78, 5) is 26.2. The molecule has 0 aliphatic carbocycles. The molecule has 0 radical (unpaired) electrons. The molecular weight excluding hydrogens is 274 g/mol. The van der Waals surface area contributed by atoms with Gasteiger partial charge in [-0.15, -0.1) is 10.2 Å². The first-order chi connectivity index (χ1) is 9.82. The van der Waals surface area contributed by atoms with E-state index in [1.165, 1.54) is 0 Å². The van der Waals surface area contributed by atoms with Crippen molar-refractivity contribution < 1.29 is 14.7 Å². The van der Waals surface area contributed by atoms with E-state index in [0.717, 1.165) is 0 Å². The predicted molar refractivity (Wildman–Crippen MR) is 74.1 cm³/mol. The molecule has 0 saturated heterocycles. The number of hydrogen-bond donors (Lipinski definition) is 3. The average molecular weight is 291 g/mol. The van der Waals surface area contributed by atoms with E-state index in [-0.39, 0.29) is 17.6 Å². The quantitative estimate of drug-likeness (QED) is 0.776. The molecule has 0 aliphatic rings. The fraction of sp³-hybridized carbons (Fsp3) is 0.385. The molecule has 1 amide bonds. The van der Waals surface area contributed by atoms with Crippen molar-refractivity contribution in [3.8, 4) is 0 Å². The van der Waals surface area contributed by atoms with E-state index in [2.05, 4.69) is 20.5 Å². The van der Waals surface area contributed by atoms with Gasteiger partial charge in [-0.2, -0.15) is 0 Å². The average Bonchev–Trinajstić information content (AvgIpc) is 2.93. The van der Waals surface area contributed by atoms with Gasteiger partial charge in [0.05, 0.1) is 11.6 Å². The van der Waals surface area contributed by atoms with Crippen molar-refractivity contribution in [2.24, 2.45) is 7.05 Å². The van der Waals surface area contributed by atoms with Crippen LogP contribution in [0.3, 0.4) is 0 Å². The summed E-state index contributed by atoms with van der Waals surface area (Å²) in [5, 5.41) is 19.6. The van der Waals surface area contributed by atoms with E-state index in [1.54, 1.807) is 38.7 Å². The van der Waals surface area contributed by atoms with Crippen LogP contribution in [-0.4, -0.2) is 36.7 Å². The zero-order valence-electron chi connectivity index (χ0n) is 12.3. The van der Waals surface area contributed by atoms with Crippen molar-refractivity contribution >= 4 is 11.9 Å². The van der Waals surface area contributed by atoms with Gasteiger partial charge in [0.25, 0.3) is 5.91 Å². The minimum absolute atomic E-state index is 0.0314. The molecule has 8 nitrogen and oxygen atoms in total. The van der Waals surface area contributed by atoms with E-state index in [4.69, 9.17) is 5.11 Å². The lowest BCUT2D eigenvalue weighted by molar-refractivity contribution is 0.0690. The van der Waals surface area contributed by atoms with Crippen LogP contribution in [0.5, 0.6) is 0 Å². The summed E-state index contributed by atoms with van der Waals surface area (Å²) >= 11 is 0. The number of H-pyrrole nitrogens is 1. The number of aromatic amines is 1. The first-order valence-corrected chi connectivity index (χ1v) is 6.40. The van der Waals surface area contributed by atoms with Crippen molar-refractivity contribution in [2.45, 2.75) is 26.8 Å². The Balaban J connectivity index is 2.25. The summed E-state index contributed by atoms with van der Waals surface area (Å²) in [6.07, 6.45) is 1.55. The second-order valence-electron chi connectivity index (χ2n) is 4.93. The van der Waals surface area contributed by atoms with Crippen molar-refractivity contribution in [3.05, 3.63) is 34.7 Å². The molecule has 2 aromatic rings. The second-order valence-corrected chi connectivity index (χ2v) is 4.93. The Kier molecular flexibility index (Phi) is 3.79. The van der Waals surface area contributed by atoms with Crippen molar-refractivity contribution in [2.75, 3.05) is 0 Å². The molecule has 3 N–H and O–H groups in total. The summed E-state index contributed by atoms with van der Waals surface area (Å²) in [6.45, 7) is 5.06. The number of carbonyl (C=O) groups is 2. The fourth-order valence-corrected chi connectivity index (χ4v) is 2.32. The molecule has 2 rings (SSSR count). The molecule has 1 atom stereocenters. The molecule has 2 aromatic heterocycles. The topological polar surface area (TPSA) is 113 Å². The fourth-order valence-electron chi connectivity index (χ4n) is 2.32. The monoisotopic (exact) mass is 291 g/mol. The van der Waals surface area contributed by atoms with Crippen LogP contribution in [0, 0.1) is 13.8 Å². The van der Waals surface area contributed by atoms with Gasteiger partial charge >= 0.3 is 5.97 Å². The maximum atomic E-state index is 12.4. The zero-order chi connectivity index (χ0) is 15.7. The van der Waals surface area contributed by atoms with Gasteiger partial charge in [-0.1, -0.05) is 0 Å². The molecule has 2 heterocycles. The van der Waals surface area contributed by atoms with Gasteiger partial charge in [-0.3, -0.25) is 4.79 Å². The molecule has 21 heavy (non-hydrogen) atoms. The Morgan fingerprint density at radius 3 is 2.57 bits per heavy atom. The van der Waals surface area contributed by atoms with Crippen LogP contribution in [0.15, 0.2) is 6.33 Å². The van der Waals surface area contributed by atoms with E-state index < -0.39 is 5.97 Å². The predicted octanol–water partition coefficient (Wildman–Crippen LogP) is 0.949. The van der Waals surface area contributed by atoms with Gasteiger partial charge in [-0.25, -0.2) is 4.79 Å². The number of nitrogens with one attached hydrogen (secondary N) is 2. The molecule has 0 fully saturated rings. The normalized spacial score (nSPS) is 12.2. The van der Waals surface area contributed by atoms with Gasteiger partial charge in [0.15, 0.2) is 5.82 Å². The largest absolute Gasteiger partial charge is 0.477 e. The molecule has 0 saturated carbocycles. The summed E-state index contributed by atoms with van der Waals surface area (Å²) in [7, 11) is 1.79. The van der Waals surface area contributed by atoms with Crippen LogP contribution in [0.2, 0.25) is 0 Å². The van der Waals surface area contributed by atoms with Gasteiger partial charge in [0, 0.05) is 12.7 Å². The van der Waals surface area contributed by atoms with Crippen molar-refractivity contribution in [1.29, 1.82) is 0 Å². The maximum Gasteiger partial charge on any atom is 0.352 e. The number of rotatable bonds is 4. The van der Waals surface area contributed by atoms with Crippen LogP contribution in [-0.2, 0) is 7.05 Å². The van der Waals surface area contributed by atoms with Crippen LogP contribution in [0.1, 0.15) is 50.9 Å². The lowest BCUT2D eigenvalue weighted by atomic mass is 10.1. The maximum absolute atomic E-state index is 12.4. The zero-order valence-corrected chi connectivity index (χ0v) is 12.3. The number of carboxylic acid groups (broad SMARTS) is 1. The minimum atomic E-state index is -1.09. The molecule has 0 aliphatic heterocycles. The van der Waals surface area contributed by atoms with Crippen LogP contribution < -0.4 is 5.32 Å². The van der Waals surface area contributed by atoms with Crippen LogP contribution in [0.4, 0.5) is 0 Å². The number of carbonyl (C=O) groups excluding carboxylic acids is 1. The Morgan fingerprint density at radius 1 is 1.43 bits per heavy atom. The van der Waals surface area contributed by atoms with E-state index in [9.17, 15) is 9.59 Å². The van der Waals surface area contributed by atoms with Crippen molar-refractivity contribution in [3.63, 3.8) is 0 Å². The molecule has 0 bridgehead atoms. The molecule has 1 unspecified atom stereocenters. The third kappa shape index (κ3) is 2.64. The molecule has 0 spiro atoms. The SMILES string of the molecule is Cc1[nH]c(C(=O)O)c(C)c1C(=O)NC(C)c1nncn1C. The Morgan fingerprint density at radius 2 is 2.10 bits per heavy atom. The number of aromatic carboxylic acids is 1.